The van der Waals surface area contributed by atoms with Crippen LogP contribution < -0.4 is 24.0 Å². The highest BCUT2D eigenvalue weighted by atomic mass is 127. The van der Waals surface area contributed by atoms with E-state index < -0.39 is 0 Å². The number of likely N-dealkylation sites (N-methyl/N-ethyl adjacent to an activating group) is 1. The van der Waals surface area contributed by atoms with Gasteiger partial charge in [0.15, 0.2) is 0 Å². The number of aliphatic hydroxyl groups is 1. The van der Waals surface area contributed by atoms with Gasteiger partial charge in [-0.25, -0.2) is 0 Å². The van der Waals surface area contributed by atoms with Gasteiger partial charge in [-0.1, -0.05) is 19.3 Å². The Morgan fingerprint density at radius 1 is 1.19 bits per heavy atom. The maximum absolute atomic E-state index is 9.77. The first-order valence-corrected chi connectivity index (χ1v) is 6.07. The quantitative estimate of drug-likeness (QED) is 0.482. The molecular weight excluding hydrogens is 317 g/mol. The molecule has 1 unspecified atom stereocenters. The molecule has 0 amide bonds. The second kappa shape index (κ2) is 7.84. The van der Waals surface area contributed by atoms with Crippen LogP contribution in [0.5, 0.6) is 0 Å². The number of aliphatic hydroxyl groups excluding tert-OH is 1. The van der Waals surface area contributed by atoms with Crippen molar-refractivity contribution in [3.05, 3.63) is 0 Å². The Bertz CT molecular complexity index is 176. The van der Waals surface area contributed by atoms with Crippen molar-refractivity contribution in [2.24, 2.45) is 0 Å². The van der Waals surface area contributed by atoms with Gasteiger partial charge >= 0.3 is 0 Å². The fourth-order valence-electron chi connectivity index (χ4n) is 2.16. The maximum Gasteiger partial charge on any atom is 0.126 e. The lowest BCUT2D eigenvalue weighted by Crippen LogP contribution is -3.00. The molecule has 0 aromatic rings. The molecule has 1 atom stereocenters. The summed E-state index contributed by atoms with van der Waals surface area (Å²) in [5.74, 6) is 0. The predicted octanol–water partition coefficient (Wildman–Crippen LogP) is -1.59. The van der Waals surface area contributed by atoms with Crippen molar-refractivity contribution in [1.82, 2.24) is 0 Å². The zero-order valence-corrected chi connectivity index (χ0v) is 12.9. The van der Waals surface area contributed by atoms with Crippen LogP contribution in [-0.4, -0.2) is 56.1 Å². The number of ether oxygens (including phenoxy) is 1. The van der Waals surface area contributed by atoms with Crippen LogP contribution >= 0.6 is 0 Å². The lowest BCUT2D eigenvalue weighted by molar-refractivity contribution is -0.873. The first-order valence-electron chi connectivity index (χ1n) is 6.07. The van der Waals surface area contributed by atoms with Gasteiger partial charge < -0.3 is 38.3 Å². The van der Waals surface area contributed by atoms with Gasteiger partial charge in [-0.15, -0.1) is 0 Å². The smallest absolute Gasteiger partial charge is 0.126 e. The first-order chi connectivity index (χ1) is 6.97. The Morgan fingerprint density at radius 3 is 2.25 bits per heavy atom. The molecule has 0 heterocycles. The average Bonchev–Trinajstić information content (AvgIpc) is 2.14. The van der Waals surface area contributed by atoms with Crippen LogP contribution in [0, 0.1) is 0 Å². The van der Waals surface area contributed by atoms with E-state index in [1.807, 2.05) is 0 Å². The van der Waals surface area contributed by atoms with E-state index >= 15 is 0 Å². The molecule has 98 valence electrons. The van der Waals surface area contributed by atoms with Crippen LogP contribution in [0.2, 0.25) is 0 Å². The minimum atomic E-state index is -0.327. The van der Waals surface area contributed by atoms with Gasteiger partial charge in [-0.05, 0) is 12.8 Å². The average molecular weight is 343 g/mol. The van der Waals surface area contributed by atoms with Crippen molar-refractivity contribution < 1.29 is 38.3 Å². The summed E-state index contributed by atoms with van der Waals surface area (Å²) in [6.07, 6.45) is 6.36. The molecule has 3 nitrogen and oxygen atoms in total. The summed E-state index contributed by atoms with van der Waals surface area (Å²) in [6, 6.07) is 0. The molecule has 0 bridgehead atoms. The van der Waals surface area contributed by atoms with Gasteiger partial charge in [0.1, 0.15) is 12.6 Å². The van der Waals surface area contributed by atoms with Gasteiger partial charge in [-0.3, -0.25) is 0 Å². The third-order valence-corrected chi connectivity index (χ3v) is 2.83. The van der Waals surface area contributed by atoms with E-state index in [9.17, 15) is 5.11 Å². The van der Waals surface area contributed by atoms with E-state index in [1.54, 1.807) is 0 Å². The van der Waals surface area contributed by atoms with Crippen molar-refractivity contribution in [3.63, 3.8) is 0 Å². The number of halogens is 1. The predicted molar refractivity (Wildman–Crippen MR) is 61.7 cm³/mol. The Balaban J connectivity index is 0.00000225. The molecule has 1 rings (SSSR count). The van der Waals surface area contributed by atoms with E-state index in [2.05, 4.69) is 21.1 Å². The molecule has 1 aliphatic carbocycles. The van der Waals surface area contributed by atoms with Crippen molar-refractivity contribution in [2.45, 2.75) is 44.3 Å². The van der Waals surface area contributed by atoms with Crippen LogP contribution in [0.1, 0.15) is 32.1 Å². The monoisotopic (exact) mass is 343 g/mol. The molecular formula is C12H26INO2. The Morgan fingerprint density at radius 2 is 1.75 bits per heavy atom. The van der Waals surface area contributed by atoms with Crippen molar-refractivity contribution in [2.75, 3.05) is 34.3 Å². The first kappa shape index (κ1) is 16.6. The largest absolute Gasteiger partial charge is 1.00 e. The van der Waals surface area contributed by atoms with E-state index in [0.717, 1.165) is 11.0 Å². The van der Waals surface area contributed by atoms with Crippen molar-refractivity contribution in [1.29, 1.82) is 0 Å². The van der Waals surface area contributed by atoms with E-state index in [0.29, 0.717) is 12.7 Å². The van der Waals surface area contributed by atoms with Gasteiger partial charge in [0.25, 0.3) is 0 Å². The van der Waals surface area contributed by atoms with E-state index in [-0.39, 0.29) is 30.1 Å². The SMILES string of the molecule is C[N+](C)(C)CC(O)COC1CCCCC1.[I-]. The zero-order valence-electron chi connectivity index (χ0n) is 10.8. The number of quaternary nitrogens is 1. The molecule has 0 radical (unpaired) electrons. The highest BCUT2D eigenvalue weighted by Gasteiger charge is 2.19. The minimum Gasteiger partial charge on any atom is -1.00 e. The van der Waals surface area contributed by atoms with Crippen molar-refractivity contribution >= 4 is 0 Å². The highest BCUT2D eigenvalue weighted by molar-refractivity contribution is 4.66. The van der Waals surface area contributed by atoms with Crippen LogP contribution in [0.4, 0.5) is 0 Å². The van der Waals surface area contributed by atoms with E-state index in [1.165, 1.54) is 32.1 Å². The third-order valence-electron chi connectivity index (χ3n) is 2.83. The standard InChI is InChI=1S/C12H26NO2.HI/c1-13(2,3)9-11(14)10-15-12-7-5-4-6-8-12;/h11-12,14H,4-10H2,1-3H3;1H/q+1;/p-1. The summed E-state index contributed by atoms with van der Waals surface area (Å²) in [5.41, 5.74) is 0. The third kappa shape index (κ3) is 7.81. The Kier molecular flexibility index (Phi) is 8.14. The number of hydrogen-bond acceptors (Lipinski definition) is 2. The topological polar surface area (TPSA) is 29.5 Å². The summed E-state index contributed by atoms with van der Waals surface area (Å²) < 4.78 is 6.52. The Hall–Kier alpha value is 0.610. The van der Waals surface area contributed by atoms with Crippen LogP contribution in [0.3, 0.4) is 0 Å². The fraction of sp³-hybridized carbons (Fsp3) is 1.00. The number of nitrogens with zero attached hydrogens (tertiary/aromatic N) is 1. The minimum absolute atomic E-state index is 0. The summed E-state index contributed by atoms with van der Waals surface area (Å²) in [4.78, 5) is 0. The molecule has 1 N–H and O–H groups in total. The molecule has 0 saturated heterocycles. The number of rotatable bonds is 5. The van der Waals surface area contributed by atoms with Gasteiger partial charge in [0, 0.05) is 0 Å². The Labute approximate surface area is 117 Å². The molecule has 1 aliphatic rings. The molecule has 0 aromatic heterocycles. The van der Waals surface area contributed by atoms with Gasteiger partial charge in [-0.2, -0.15) is 0 Å². The molecule has 16 heavy (non-hydrogen) atoms. The van der Waals surface area contributed by atoms with Crippen LogP contribution in [0.25, 0.3) is 0 Å². The summed E-state index contributed by atoms with van der Waals surface area (Å²) in [5, 5.41) is 9.77. The molecule has 0 aliphatic heterocycles. The van der Waals surface area contributed by atoms with Gasteiger partial charge in [0.05, 0.1) is 33.9 Å². The molecule has 1 saturated carbocycles. The molecule has 0 aromatic carbocycles. The molecule has 0 spiro atoms. The number of hydrogen-bond donors (Lipinski definition) is 1. The van der Waals surface area contributed by atoms with Crippen molar-refractivity contribution in [3.8, 4) is 0 Å². The molecule has 1 fully saturated rings. The summed E-state index contributed by atoms with van der Waals surface area (Å²) >= 11 is 0. The van der Waals surface area contributed by atoms with Gasteiger partial charge in [0.2, 0.25) is 0 Å². The maximum atomic E-state index is 9.77. The highest BCUT2D eigenvalue weighted by Crippen LogP contribution is 2.20. The molecule has 4 heteroatoms. The second-order valence-corrected chi connectivity index (χ2v) is 5.72. The summed E-state index contributed by atoms with van der Waals surface area (Å²) in [6.45, 7) is 1.26. The zero-order chi connectivity index (χ0) is 11.3. The summed E-state index contributed by atoms with van der Waals surface area (Å²) in [7, 11) is 6.26. The normalized spacial score (nSPS) is 20.2. The second-order valence-electron chi connectivity index (χ2n) is 5.72. The lowest BCUT2D eigenvalue weighted by Gasteiger charge is -2.28. The van der Waals surface area contributed by atoms with E-state index in [4.69, 9.17) is 4.74 Å². The van der Waals surface area contributed by atoms with Crippen LogP contribution in [-0.2, 0) is 4.74 Å². The lowest BCUT2D eigenvalue weighted by atomic mass is 9.98. The fourth-order valence-corrected chi connectivity index (χ4v) is 2.16. The van der Waals surface area contributed by atoms with Crippen LogP contribution in [0.15, 0.2) is 0 Å².